The fourth-order valence-electron chi connectivity index (χ4n) is 5.78. The predicted molar refractivity (Wildman–Crippen MR) is 136 cm³/mol. The quantitative estimate of drug-likeness (QED) is 0.283. The largest absolute Gasteiger partial charge is 0.446 e. The lowest BCUT2D eigenvalue weighted by molar-refractivity contribution is -0.197. The van der Waals surface area contributed by atoms with Crippen LogP contribution in [-0.2, 0) is 23.6 Å². The highest BCUT2D eigenvalue weighted by molar-refractivity contribution is 5.92. The molecule has 17 heteroatoms. The number of H-pyrrole nitrogens is 1. The molecule has 1 aromatic heterocycles. The van der Waals surface area contributed by atoms with Crippen molar-refractivity contribution in [2.45, 2.75) is 75.9 Å². The molecule has 1 aliphatic heterocycles. The number of carbonyl (C=O) groups is 1. The fraction of sp³-hybridized carbons (Fsp3) is 0.481. The molecule has 1 saturated carbocycles. The Kier molecular flexibility index (Phi) is 7.73. The van der Waals surface area contributed by atoms with Gasteiger partial charge in [-0.05, 0) is 78.4 Å². The molecular formula is C27H25F9N6O2. The second-order valence-corrected chi connectivity index (χ2v) is 11.0. The van der Waals surface area contributed by atoms with E-state index < -0.39 is 77.9 Å². The normalized spacial score (nSPS) is 20.9. The third-order valence-electron chi connectivity index (χ3n) is 7.69. The van der Waals surface area contributed by atoms with Crippen molar-refractivity contribution in [1.82, 2.24) is 20.6 Å². The molecule has 8 nitrogen and oxygen atoms in total. The number of amides is 1. The minimum absolute atomic E-state index is 0.0419. The summed E-state index contributed by atoms with van der Waals surface area (Å²) in [6, 6.07) is 5.18. The molecule has 5 rings (SSSR count). The molecule has 0 radical (unpaired) electrons. The number of fused-ring (bicyclic) bond motifs is 1. The summed E-state index contributed by atoms with van der Waals surface area (Å²) in [7, 11) is 0. The van der Waals surface area contributed by atoms with Crippen LogP contribution in [0.3, 0.4) is 0 Å². The number of aromatic nitrogens is 4. The molecule has 2 atom stereocenters. The highest BCUT2D eigenvalue weighted by atomic mass is 19.4. The first-order chi connectivity index (χ1) is 20.4. The second-order valence-electron chi connectivity index (χ2n) is 11.0. The van der Waals surface area contributed by atoms with Gasteiger partial charge in [0.05, 0.1) is 29.0 Å². The molecule has 44 heavy (non-hydrogen) atoms. The predicted octanol–water partition coefficient (Wildman–Crippen LogP) is 7.45. The number of carbonyl (C=O) groups excluding carboxylic acids is 1. The van der Waals surface area contributed by atoms with Gasteiger partial charge in [0.2, 0.25) is 5.95 Å². The monoisotopic (exact) mass is 636 g/mol. The number of para-hydroxylation sites is 1. The van der Waals surface area contributed by atoms with E-state index in [4.69, 9.17) is 4.74 Å². The van der Waals surface area contributed by atoms with Crippen LogP contribution in [-0.4, -0.2) is 44.5 Å². The van der Waals surface area contributed by atoms with E-state index in [1.807, 2.05) is 0 Å². The van der Waals surface area contributed by atoms with E-state index in [-0.39, 0.29) is 36.1 Å². The summed E-state index contributed by atoms with van der Waals surface area (Å²) in [5, 5.41) is 13.0. The van der Waals surface area contributed by atoms with Crippen molar-refractivity contribution in [2.24, 2.45) is 5.92 Å². The zero-order valence-corrected chi connectivity index (χ0v) is 23.1. The zero-order valence-electron chi connectivity index (χ0n) is 23.1. The van der Waals surface area contributed by atoms with Gasteiger partial charge in [0, 0.05) is 13.0 Å². The molecule has 1 fully saturated rings. The van der Waals surface area contributed by atoms with Gasteiger partial charge in [0.15, 0.2) is 5.54 Å². The number of ether oxygens (including phenoxy) is 1. The molecule has 1 N–H and O–H groups in total. The van der Waals surface area contributed by atoms with Gasteiger partial charge in [-0.25, -0.2) is 9.89 Å². The van der Waals surface area contributed by atoms with Gasteiger partial charge >= 0.3 is 24.6 Å². The van der Waals surface area contributed by atoms with Crippen molar-refractivity contribution < 1.29 is 49.0 Å². The molecule has 0 saturated heterocycles. The number of alkyl halides is 9. The van der Waals surface area contributed by atoms with E-state index in [0.717, 1.165) is 4.90 Å². The minimum atomic E-state index is -5.15. The molecular weight excluding hydrogens is 611 g/mol. The lowest BCUT2D eigenvalue weighted by Gasteiger charge is -2.52. The van der Waals surface area contributed by atoms with Gasteiger partial charge in [-0.3, -0.25) is 4.90 Å². The number of halogens is 9. The number of rotatable bonds is 6. The molecule has 238 valence electrons. The van der Waals surface area contributed by atoms with E-state index in [9.17, 15) is 31.1 Å². The highest BCUT2D eigenvalue weighted by Gasteiger charge is 2.70. The maximum Gasteiger partial charge on any atom is 0.416 e. The number of aromatic amines is 1. The first-order valence-corrected chi connectivity index (χ1v) is 13.4. The topological polar surface area (TPSA) is 87.2 Å². The van der Waals surface area contributed by atoms with E-state index >= 15 is 13.2 Å². The van der Waals surface area contributed by atoms with Crippen LogP contribution in [0.1, 0.15) is 61.4 Å². The fourth-order valence-corrected chi connectivity index (χ4v) is 5.78. The number of tetrazole rings is 1. The van der Waals surface area contributed by atoms with Crippen molar-refractivity contribution in [2.75, 3.05) is 9.80 Å². The number of benzene rings is 2. The Labute approximate surface area is 244 Å². The van der Waals surface area contributed by atoms with Crippen molar-refractivity contribution in [3.05, 3.63) is 64.7 Å². The lowest BCUT2D eigenvalue weighted by atomic mass is 9.76. The number of nitrogens with zero attached hydrogens (tertiary/aromatic N) is 5. The summed E-state index contributed by atoms with van der Waals surface area (Å²) in [6.45, 7) is 2.20. The Hall–Kier alpha value is -4.05. The van der Waals surface area contributed by atoms with Crippen LogP contribution in [0.4, 0.5) is 55.9 Å². The first kappa shape index (κ1) is 31.4. The molecule has 2 aliphatic rings. The molecule has 3 aromatic rings. The molecule has 2 heterocycles. The van der Waals surface area contributed by atoms with Crippen LogP contribution in [0.2, 0.25) is 0 Å². The Morgan fingerprint density at radius 3 is 2.14 bits per heavy atom. The second kappa shape index (κ2) is 10.8. The maximum atomic E-state index is 15.3. The highest BCUT2D eigenvalue weighted by Crippen LogP contribution is 2.61. The van der Waals surface area contributed by atoms with Crippen LogP contribution in [0.25, 0.3) is 0 Å². The van der Waals surface area contributed by atoms with E-state index in [1.54, 1.807) is 0 Å². The average Bonchev–Trinajstić information content (AvgIpc) is 3.63. The van der Waals surface area contributed by atoms with Gasteiger partial charge in [-0.1, -0.05) is 23.3 Å². The van der Waals surface area contributed by atoms with E-state index in [0.29, 0.717) is 17.0 Å². The van der Waals surface area contributed by atoms with Gasteiger partial charge in [0.25, 0.3) is 0 Å². The maximum absolute atomic E-state index is 15.3. The molecule has 0 spiro atoms. The smallest absolute Gasteiger partial charge is 0.416 e. The Bertz CT molecular complexity index is 1470. The van der Waals surface area contributed by atoms with Crippen LogP contribution in [0.15, 0.2) is 42.5 Å². The third-order valence-corrected chi connectivity index (χ3v) is 7.69. The molecule has 2 unspecified atom stereocenters. The molecule has 0 bridgehead atoms. The summed E-state index contributed by atoms with van der Waals surface area (Å²) < 4.78 is 133. The molecule has 1 amide bonds. The SMILES string of the molecule is CC(C)OC(=O)N1c2ccccc2C(N(Cc2cc(C(F)(F)F)cc(C(F)(F)F)c2)c2nnn[nH]2)CC1(C1CC1)C(F)(F)F. The number of hydrogen-bond acceptors (Lipinski definition) is 6. The van der Waals surface area contributed by atoms with Crippen LogP contribution in [0, 0.1) is 5.92 Å². The Morgan fingerprint density at radius 1 is 1.02 bits per heavy atom. The molecule has 1 aliphatic carbocycles. The summed E-state index contributed by atoms with van der Waals surface area (Å²) in [4.78, 5) is 15.0. The van der Waals surface area contributed by atoms with Crippen LogP contribution >= 0.6 is 0 Å². The summed E-state index contributed by atoms with van der Waals surface area (Å²) in [6.07, 6.45) is -17.9. The number of nitrogens with one attached hydrogen (secondary N) is 1. The average molecular weight is 637 g/mol. The zero-order chi connectivity index (χ0) is 32.2. The number of anilines is 2. The minimum Gasteiger partial charge on any atom is -0.446 e. The summed E-state index contributed by atoms with van der Waals surface area (Å²) >= 11 is 0. The first-order valence-electron chi connectivity index (χ1n) is 13.4. The van der Waals surface area contributed by atoms with E-state index in [2.05, 4.69) is 20.6 Å². The van der Waals surface area contributed by atoms with Crippen LogP contribution in [0.5, 0.6) is 0 Å². The molecule has 2 aromatic carbocycles. The number of hydrogen-bond donors (Lipinski definition) is 1. The van der Waals surface area contributed by atoms with Gasteiger partial charge in [-0.2, -0.15) is 39.5 Å². The van der Waals surface area contributed by atoms with Crippen LogP contribution < -0.4 is 9.80 Å². The van der Waals surface area contributed by atoms with Gasteiger partial charge in [-0.15, -0.1) is 0 Å². The Morgan fingerprint density at radius 2 is 1.64 bits per heavy atom. The summed E-state index contributed by atoms with van der Waals surface area (Å²) in [5.74, 6) is -1.36. The van der Waals surface area contributed by atoms with Gasteiger partial charge in [0.1, 0.15) is 0 Å². The van der Waals surface area contributed by atoms with Crippen molar-refractivity contribution in [3.63, 3.8) is 0 Å². The third kappa shape index (κ3) is 5.75. The lowest BCUT2D eigenvalue weighted by Crippen LogP contribution is -2.66. The van der Waals surface area contributed by atoms with E-state index in [1.165, 1.54) is 38.1 Å². The van der Waals surface area contributed by atoms with Gasteiger partial charge < -0.3 is 9.64 Å². The Balaban J connectivity index is 1.71. The standard InChI is InChI=1S/C27H25F9N6O2/c1-14(2)44-23(43)42-20-6-4-3-5-19(20)21(12-24(42,16-7-8-16)27(34,35)36)41(22-37-39-40-38-22)13-15-9-17(25(28,29)30)11-18(10-15)26(31,32)33/h3-6,9-11,14,16,21H,7-8,12-13H2,1-2H3,(H,37,38,39,40). The van der Waals surface area contributed by atoms with Crippen molar-refractivity contribution in [3.8, 4) is 0 Å². The van der Waals surface area contributed by atoms with Crippen molar-refractivity contribution in [1.29, 1.82) is 0 Å². The van der Waals surface area contributed by atoms with Crippen molar-refractivity contribution >= 4 is 17.7 Å². The summed E-state index contributed by atoms with van der Waals surface area (Å²) in [5.41, 5.74) is -6.55.